The van der Waals surface area contributed by atoms with Gasteiger partial charge in [-0.05, 0) is 51.8 Å². The second kappa shape index (κ2) is 11.8. The molecule has 2 N–H and O–H groups in total. The lowest BCUT2D eigenvalue weighted by Gasteiger charge is -2.39. The molecule has 7 heteroatoms. The number of ether oxygens (including phenoxy) is 3. The van der Waals surface area contributed by atoms with Crippen LogP contribution >= 0.6 is 0 Å². The fourth-order valence-corrected chi connectivity index (χ4v) is 2.80. The molecule has 0 spiro atoms. The van der Waals surface area contributed by atoms with Crippen molar-refractivity contribution < 1.29 is 29.2 Å². The third kappa shape index (κ3) is 8.60. The Morgan fingerprint density at radius 1 is 1.07 bits per heavy atom. The zero-order chi connectivity index (χ0) is 20.3. The summed E-state index contributed by atoms with van der Waals surface area (Å²) in [6.45, 7) is 9.90. The largest absolute Gasteiger partial charge is 0.491 e. The number of nitrogens with zero attached hydrogens (tertiary/aromatic N) is 1. The summed E-state index contributed by atoms with van der Waals surface area (Å²) in [4.78, 5) is 12.9. The van der Waals surface area contributed by atoms with E-state index in [2.05, 4.69) is 0 Å². The fourth-order valence-electron chi connectivity index (χ4n) is 2.80. The van der Waals surface area contributed by atoms with Crippen LogP contribution in [-0.2, 0) is 15.9 Å². The molecule has 0 aromatic heterocycles. The third-order valence-electron chi connectivity index (χ3n) is 3.97. The Bertz CT molecular complexity index is 540. The van der Waals surface area contributed by atoms with Gasteiger partial charge in [0.05, 0.1) is 32.5 Å². The highest BCUT2D eigenvalue weighted by molar-refractivity contribution is 5.66. The molecule has 1 aromatic rings. The molecule has 0 aliphatic heterocycles. The minimum absolute atomic E-state index is 0.235. The van der Waals surface area contributed by atoms with E-state index in [-0.39, 0.29) is 6.61 Å². The summed E-state index contributed by atoms with van der Waals surface area (Å²) in [5, 5.41) is 19.2. The zero-order valence-corrected chi connectivity index (χ0v) is 16.8. The van der Waals surface area contributed by atoms with Crippen LogP contribution in [0.25, 0.3) is 0 Å². The van der Waals surface area contributed by atoms with Crippen molar-refractivity contribution in [2.75, 3.05) is 39.6 Å². The lowest BCUT2D eigenvalue weighted by Crippen LogP contribution is -2.53. The Morgan fingerprint density at radius 2 is 1.67 bits per heavy atom. The van der Waals surface area contributed by atoms with Gasteiger partial charge < -0.3 is 24.4 Å². The molecule has 1 aromatic carbocycles. The third-order valence-corrected chi connectivity index (χ3v) is 3.97. The number of carbonyl (C=O) groups is 1. The molecule has 0 radical (unpaired) electrons. The second-order valence-electron chi connectivity index (χ2n) is 7.17. The van der Waals surface area contributed by atoms with Crippen LogP contribution in [0.2, 0.25) is 0 Å². The van der Waals surface area contributed by atoms with Crippen molar-refractivity contribution in [1.29, 1.82) is 0 Å². The number of aliphatic hydroxyl groups is 1. The summed E-state index contributed by atoms with van der Waals surface area (Å²) in [5.41, 5.74) is 0.342. The number of hydrogen-bond donors (Lipinski definition) is 2. The quantitative estimate of drug-likeness (QED) is 0.540. The average Bonchev–Trinajstić information content (AvgIpc) is 2.60. The Morgan fingerprint density at radius 3 is 2.19 bits per heavy atom. The maximum absolute atomic E-state index is 11.6. The van der Waals surface area contributed by atoms with E-state index in [0.717, 1.165) is 11.3 Å². The summed E-state index contributed by atoms with van der Waals surface area (Å²) in [6, 6.07) is 6.94. The summed E-state index contributed by atoms with van der Waals surface area (Å²) < 4.78 is 16.2. The SMILES string of the molecule is CCOCCOCCOc1ccc(CC(CO)N(C(=O)O)C(C)(C)C)cc1. The molecule has 0 aliphatic carbocycles. The van der Waals surface area contributed by atoms with Gasteiger partial charge in [-0.1, -0.05) is 12.1 Å². The Labute approximate surface area is 161 Å². The van der Waals surface area contributed by atoms with Gasteiger partial charge in [-0.3, -0.25) is 4.90 Å². The molecule has 27 heavy (non-hydrogen) atoms. The first-order chi connectivity index (χ1) is 12.8. The molecule has 0 saturated heterocycles. The lowest BCUT2D eigenvalue weighted by atomic mass is 9.99. The molecule has 0 heterocycles. The van der Waals surface area contributed by atoms with Crippen molar-refractivity contribution in [3.63, 3.8) is 0 Å². The lowest BCUT2D eigenvalue weighted by molar-refractivity contribution is 0.0404. The summed E-state index contributed by atoms with van der Waals surface area (Å²) >= 11 is 0. The van der Waals surface area contributed by atoms with Crippen LogP contribution in [0.4, 0.5) is 4.79 Å². The highest BCUT2D eigenvalue weighted by Gasteiger charge is 2.32. The Hall–Kier alpha value is -1.83. The molecule has 1 atom stereocenters. The van der Waals surface area contributed by atoms with E-state index >= 15 is 0 Å². The highest BCUT2D eigenvalue weighted by Crippen LogP contribution is 2.21. The second-order valence-corrected chi connectivity index (χ2v) is 7.17. The number of carboxylic acid groups (broad SMARTS) is 1. The standard InChI is InChI=1S/C20H33NO6/c1-5-25-10-11-26-12-13-27-18-8-6-16(7-9-18)14-17(15-22)21(19(23)24)20(2,3)4/h6-9,17,22H,5,10-15H2,1-4H3,(H,23,24). The van der Waals surface area contributed by atoms with Crippen LogP contribution in [0, 0.1) is 0 Å². The Balaban J connectivity index is 2.51. The van der Waals surface area contributed by atoms with E-state index < -0.39 is 17.7 Å². The average molecular weight is 383 g/mol. The number of amides is 1. The predicted molar refractivity (Wildman–Crippen MR) is 103 cm³/mol. The molecule has 7 nitrogen and oxygen atoms in total. The monoisotopic (exact) mass is 383 g/mol. The van der Waals surface area contributed by atoms with Crippen molar-refractivity contribution in [3.05, 3.63) is 29.8 Å². The topological polar surface area (TPSA) is 88.5 Å². The van der Waals surface area contributed by atoms with Gasteiger partial charge in [0.15, 0.2) is 0 Å². The van der Waals surface area contributed by atoms with Crippen molar-refractivity contribution in [1.82, 2.24) is 4.90 Å². The van der Waals surface area contributed by atoms with Gasteiger partial charge in [0.2, 0.25) is 0 Å². The first-order valence-corrected chi connectivity index (χ1v) is 9.30. The van der Waals surface area contributed by atoms with Crippen molar-refractivity contribution >= 4 is 6.09 Å². The van der Waals surface area contributed by atoms with Crippen LogP contribution in [0.5, 0.6) is 5.75 Å². The first kappa shape index (κ1) is 23.2. The van der Waals surface area contributed by atoms with E-state index in [1.54, 1.807) is 0 Å². The number of benzene rings is 1. The summed E-state index contributed by atoms with van der Waals surface area (Å²) in [7, 11) is 0. The van der Waals surface area contributed by atoms with E-state index in [1.165, 1.54) is 4.90 Å². The van der Waals surface area contributed by atoms with E-state index in [0.29, 0.717) is 39.5 Å². The predicted octanol–water partition coefficient (Wildman–Crippen LogP) is 2.80. The molecule has 0 saturated carbocycles. The molecule has 0 aliphatic rings. The van der Waals surface area contributed by atoms with Gasteiger partial charge in [-0.2, -0.15) is 0 Å². The van der Waals surface area contributed by atoms with Crippen LogP contribution in [0.3, 0.4) is 0 Å². The highest BCUT2D eigenvalue weighted by atomic mass is 16.5. The maximum atomic E-state index is 11.6. The Kier molecular flexibility index (Phi) is 10.1. The number of hydrogen-bond acceptors (Lipinski definition) is 5. The van der Waals surface area contributed by atoms with Gasteiger partial charge in [0.1, 0.15) is 12.4 Å². The van der Waals surface area contributed by atoms with Gasteiger partial charge in [0.25, 0.3) is 0 Å². The molecule has 1 unspecified atom stereocenters. The molecule has 1 rings (SSSR count). The van der Waals surface area contributed by atoms with Gasteiger partial charge in [0, 0.05) is 12.1 Å². The maximum Gasteiger partial charge on any atom is 0.408 e. The van der Waals surface area contributed by atoms with Gasteiger partial charge >= 0.3 is 6.09 Å². The van der Waals surface area contributed by atoms with Crippen molar-refractivity contribution in [2.45, 2.75) is 45.7 Å². The molecule has 0 fully saturated rings. The van der Waals surface area contributed by atoms with Crippen LogP contribution in [0.1, 0.15) is 33.3 Å². The molecule has 154 valence electrons. The smallest absolute Gasteiger partial charge is 0.408 e. The first-order valence-electron chi connectivity index (χ1n) is 9.30. The normalized spacial score (nSPS) is 12.6. The van der Waals surface area contributed by atoms with Crippen molar-refractivity contribution in [3.8, 4) is 5.75 Å². The number of rotatable bonds is 12. The molecular weight excluding hydrogens is 350 g/mol. The van der Waals surface area contributed by atoms with E-state index in [1.807, 2.05) is 52.0 Å². The van der Waals surface area contributed by atoms with Crippen LogP contribution in [0.15, 0.2) is 24.3 Å². The van der Waals surface area contributed by atoms with E-state index in [9.17, 15) is 15.0 Å². The minimum atomic E-state index is -1.04. The van der Waals surface area contributed by atoms with E-state index in [4.69, 9.17) is 14.2 Å². The summed E-state index contributed by atoms with van der Waals surface area (Å²) in [5.74, 6) is 0.721. The fraction of sp³-hybridized carbons (Fsp3) is 0.650. The van der Waals surface area contributed by atoms with Crippen molar-refractivity contribution in [2.24, 2.45) is 0 Å². The van der Waals surface area contributed by atoms with Gasteiger partial charge in [-0.25, -0.2) is 4.79 Å². The molecule has 1 amide bonds. The zero-order valence-electron chi connectivity index (χ0n) is 16.8. The number of aliphatic hydroxyl groups excluding tert-OH is 1. The van der Waals surface area contributed by atoms with Crippen LogP contribution < -0.4 is 4.74 Å². The minimum Gasteiger partial charge on any atom is -0.491 e. The molecular formula is C20H33NO6. The van der Waals surface area contributed by atoms with Crippen LogP contribution in [-0.4, -0.2) is 72.4 Å². The summed E-state index contributed by atoms with van der Waals surface area (Å²) in [6.07, 6.45) is -0.605. The molecule has 0 bridgehead atoms. The van der Waals surface area contributed by atoms with Gasteiger partial charge in [-0.15, -0.1) is 0 Å².